The minimum Gasteiger partial charge on any atom is -0.493 e. The van der Waals surface area contributed by atoms with E-state index in [2.05, 4.69) is 11.4 Å². The van der Waals surface area contributed by atoms with Crippen LogP contribution < -0.4 is 10.1 Å². The normalized spacial score (nSPS) is 12.2. The summed E-state index contributed by atoms with van der Waals surface area (Å²) in [6.45, 7) is 0.662. The zero-order chi connectivity index (χ0) is 17.6. The van der Waals surface area contributed by atoms with Gasteiger partial charge in [0.2, 0.25) is 0 Å². The largest absolute Gasteiger partial charge is 0.493 e. The predicted octanol–water partition coefficient (Wildman–Crippen LogP) is 3.79. The van der Waals surface area contributed by atoms with Crippen molar-refractivity contribution in [3.63, 3.8) is 0 Å². The second-order valence-electron chi connectivity index (χ2n) is 5.76. The van der Waals surface area contributed by atoms with Crippen LogP contribution >= 0.6 is 11.3 Å². The molecular formula is C19H21NO4S. The molecule has 0 saturated carbocycles. The summed E-state index contributed by atoms with van der Waals surface area (Å²) in [5, 5.41) is 15.0. The van der Waals surface area contributed by atoms with Crippen molar-refractivity contribution in [2.24, 2.45) is 0 Å². The highest BCUT2D eigenvalue weighted by atomic mass is 32.1. The number of benzene rings is 1. The van der Waals surface area contributed by atoms with Crippen LogP contribution in [0.5, 0.6) is 5.75 Å². The number of aliphatic hydroxyl groups excluding tert-OH is 1. The van der Waals surface area contributed by atoms with E-state index in [9.17, 15) is 9.90 Å². The molecule has 0 aliphatic heterocycles. The van der Waals surface area contributed by atoms with Gasteiger partial charge in [0, 0.05) is 23.4 Å². The van der Waals surface area contributed by atoms with Gasteiger partial charge in [0.05, 0.1) is 7.11 Å². The van der Waals surface area contributed by atoms with Crippen molar-refractivity contribution < 1.29 is 19.1 Å². The molecule has 3 aromatic rings. The third-order valence-corrected chi connectivity index (χ3v) is 5.19. The molecule has 0 spiro atoms. The zero-order valence-electron chi connectivity index (χ0n) is 14.0. The number of hydrogen-bond acceptors (Lipinski definition) is 5. The van der Waals surface area contributed by atoms with Gasteiger partial charge >= 0.3 is 0 Å². The first-order valence-corrected chi connectivity index (χ1v) is 9.10. The number of carbonyl (C=O) groups excluding carboxylic acids is 1. The van der Waals surface area contributed by atoms with Crippen molar-refractivity contribution in [2.75, 3.05) is 20.3 Å². The van der Waals surface area contributed by atoms with E-state index in [1.807, 2.05) is 23.6 Å². The van der Waals surface area contributed by atoms with Crippen LogP contribution in [0.3, 0.4) is 0 Å². The average molecular weight is 359 g/mol. The quantitative estimate of drug-likeness (QED) is 0.642. The Morgan fingerprint density at radius 2 is 2.20 bits per heavy atom. The van der Waals surface area contributed by atoms with Crippen LogP contribution in [0.15, 0.2) is 46.2 Å². The van der Waals surface area contributed by atoms with Crippen molar-refractivity contribution in [1.82, 2.24) is 5.32 Å². The van der Waals surface area contributed by atoms with E-state index in [-0.39, 0.29) is 24.2 Å². The van der Waals surface area contributed by atoms with Gasteiger partial charge in [0.25, 0.3) is 5.91 Å². The van der Waals surface area contributed by atoms with Crippen molar-refractivity contribution in [1.29, 1.82) is 0 Å². The molecule has 0 bridgehead atoms. The Bertz CT molecular complexity index is 825. The number of amides is 1. The maximum Gasteiger partial charge on any atom is 0.287 e. The molecule has 1 aromatic carbocycles. The number of carbonyl (C=O) groups is 1. The number of thiophene rings is 1. The number of ether oxygens (including phenoxy) is 1. The lowest BCUT2D eigenvalue weighted by molar-refractivity contribution is 0.0926. The van der Waals surface area contributed by atoms with Gasteiger partial charge in [-0.25, -0.2) is 0 Å². The number of furan rings is 1. The van der Waals surface area contributed by atoms with Crippen LogP contribution in [-0.2, 0) is 0 Å². The molecule has 0 saturated heterocycles. The van der Waals surface area contributed by atoms with Crippen LogP contribution in [0.2, 0.25) is 0 Å². The van der Waals surface area contributed by atoms with Gasteiger partial charge in [-0.1, -0.05) is 18.2 Å². The molecule has 0 aliphatic carbocycles. The Balaban J connectivity index is 1.62. The topological polar surface area (TPSA) is 71.7 Å². The molecule has 0 fully saturated rings. The standard InChI is InChI=1S/C19H21NO4S/c1-23-15-5-2-4-14-12-16(24-18(14)15)19(22)20-9-7-13(8-10-21)17-6-3-11-25-17/h2-6,11-13,21H,7-10H2,1H3,(H,20,22)/t13-/m1/s1. The van der Waals surface area contributed by atoms with E-state index < -0.39 is 0 Å². The van der Waals surface area contributed by atoms with E-state index >= 15 is 0 Å². The third-order valence-electron chi connectivity index (χ3n) is 4.15. The predicted molar refractivity (Wildman–Crippen MR) is 98.5 cm³/mol. The molecule has 2 heterocycles. The number of methoxy groups -OCH3 is 1. The van der Waals surface area contributed by atoms with E-state index in [1.54, 1.807) is 30.6 Å². The second kappa shape index (κ2) is 8.18. The molecule has 0 unspecified atom stereocenters. The highest BCUT2D eigenvalue weighted by Gasteiger charge is 2.16. The molecule has 0 radical (unpaired) electrons. The lowest BCUT2D eigenvalue weighted by Gasteiger charge is -2.14. The molecule has 1 amide bonds. The van der Waals surface area contributed by atoms with E-state index in [1.165, 1.54) is 4.88 Å². The van der Waals surface area contributed by atoms with E-state index in [0.717, 1.165) is 11.8 Å². The fourth-order valence-electron chi connectivity index (χ4n) is 2.86. The number of rotatable bonds is 8. The molecule has 5 nitrogen and oxygen atoms in total. The summed E-state index contributed by atoms with van der Waals surface area (Å²) in [4.78, 5) is 13.6. The molecule has 1 atom stereocenters. The SMILES string of the molecule is COc1cccc2cc(C(=O)NCC[C@H](CCO)c3cccs3)oc12. The van der Waals surface area contributed by atoms with Gasteiger partial charge in [-0.3, -0.25) is 4.79 Å². The van der Waals surface area contributed by atoms with Gasteiger partial charge in [-0.2, -0.15) is 0 Å². The number of para-hydroxylation sites is 1. The van der Waals surface area contributed by atoms with Gasteiger partial charge in [-0.05, 0) is 42.3 Å². The minimum absolute atomic E-state index is 0.139. The Morgan fingerprint density at radius 3 is 2.92 bits per heavy atom. The molecule has 25 heavy (non-hydrogen) atoms. The molecule has 2 N–H and O–H groups in total. The number of fused-ring (bicyclic) bond motifs is 1. The Hall–Kier alpha value is -2.31. The fraction of sp³-hybridized carbons (Fsp3) is 0.316. The van der Waals surface area contributed by atoms with E-state index in [0.29, 0.717) is 24.3 Å². The maximum atomic E-state index is 12.3. The van der Waals surface area contributed by atoms with E-state index in [4.69, 9.17) is 9.15 Å². The summed E-state index contributed by atoms with van der Waals surface area (Å²) in [5.74, 6) is 0.889. The Labute approximate surface area is 150 Å². The summed E-state index contributed by atoms with van der Waals surface area (Å²) >= 11 is 1.68. The number of hydrogen-bond donors (Lipinski definition) is 2. The molecule has 6 heteroatoms. The first-order valence-electron chi connectivity index (χ1n) is 8.22. The van der Waals surface area contributed by atoms with Crippen LogP contribution in [0, 0.1) is 0 Å². The average Bonchev–Trinajstić information content (AvgIpc) is 3.29. The van der Waals surface area contributed by atoms with Gasteiger partial charge in [-0.15, -0.1) is 11.3 Å². The Kier molecular flexibility index (Phi) is 5.73. The summed E-state index contributed by atoms with van der Waals surface area (Å²) < 4.78 is 10.9. The second-order valence-corrected chi connectivity index (χ2v) is 6.74. The van der Waals surface area contributed by atoms with Gasteiger partial charge in [0.15, 0.2) is 17.1 Å². The van der Waals surface area contributed by atoms with Crippen LogP contribution in [-0.4, -0.2) is 31.3 Å². The smallest absolute Gasteiger partial charge is 0.287 e. The molecular weight excluding hydrogens is 338 g/mol. The van der Waals surface area contributed by atoms with Crippen molar-refractivity contribution >= 4 is 28.2 Å². The highest BCUT2D eigenvalue weighted by Crippen LogP contribution is 2.29. The lowest BCUT2D eigenvalue weighted by atomic mass is 10.00. The first kappa shape index (κ1) is 17.5. The number of nitrogens with one attached hydrogen (secondary N) is 1. The molecule has 3 rings (SSSR count). The van der Waals surface area contributed by atoms with Crippen LogP contribution in [0.4, 0.5) is 0 Å². The van der Waals surface area contributed by atoms with Crippen LogP contribution in [0.25, 0.3) is 11.0 Å². The zero-order valence-corrected chi connectivity index (χ0v) is 14.8. The van der Waals surface area contributed by atoms with Gasteiger partial charge in [0.1, 0.15) is 0 Å². The molecule has 2 aromatic heterocycles. The molecule has 132 valence electrons. The summed E-state index contributed by atoms with van der Waals surface area (Å²) in [6, 6.07) is 11.3. The monoisotopic (exact) mass is 359 g/mol. The fourth-order valence-corrected chi connectivity index (χ4v) is 3.76. The Morgan fingerprint density at radius 1 is 1.32 bits per heavy atom. The minimum atomic E-state index is -0.243. The highest BCUT2D eigenvalue weighted by molar-refractivity contribution is 7.10. The van der Waals surface area contributed by atoms with Crippen LogP contribution in [0.1, 0.15) is 34.2 Å². The third kappa shape index (κ3) is 4.03. The summed E-state index contributed by atoms with van der Waals surface area (Å²) in [5.41, 5.74) is 0.576. The maximum absolute atomic E-state index is 12.3. The molecule has 0 aliphatic rings. The lowest BCUT2D eigenvalue weighted by Crippen LogP contribution is -2.25. The number of aliphatic hydroxyl groups is 1. The van der Waals surface area contributed by atoms with Gasteiger partial charge < -0.3 is 19.6 Å². The summed E-state index contributed by atoms with van der Waals surface area (Å²) in [6.07, 6.45) is 1.47. The van der Waals surface area contributed by atoms with Crippen molar-refractivity contribution in [3.05, 3.63) is 52.4 Å². The van der Waals surface area contributed by atoms with Crippen molar-refractivity contribution in [3.8, 4) is 5.75 Å². The summed E-state index contributed by atoms with van der Waals surface area (Å²) in [7, 11) is 1.57. The van der Waals surface area contributed by atoms with Crippen molar-refractivity contribution in [2.45, 2.75) is 18.8 Å². The first-order chi connectivity index (χ1) is 12.2.